The predicted octanol–water partition coefficient (Wildman–Crippen LogP) is 1.51. The summed E-state index contributed by atoms with van der Waals surface area (Å²) < 4.78 is 27.0. The lowest BCUT2D eigenvalue weighted by atomic mass is 10.1. The Bertz CT molecular complexity index is 422. The van der Waals surface area contributed by atoms with Crippen LogP contribution in [0.3, 0.4) is 0 Å². The van der Waals surface area contributed by atoms with Crippen LogP contribution in [0.1, 0.15) is 12.0 Å². The molecule has 20 heavy (non-hydrogen) atoms. The predicted molar refractivity (Wildman–Crippen MR) is 74.6 cm³/mol. The molecule has 0 bridgehead atoms. The fraction of sp³-hybridized carbons (Fsp3) is 0.600. The molecule has 112 valence electrons. The molecular weight excluding hydrogens is 262 g/mol. The van der Waals surface area contributed by atoms with Crippen LogP contribution in [0.2, 0.25) is 0 Å². The number of halogens is 2. The average Bonchev–Trinajstić information content (AvgIpc) is 2.44. The van der Waals surface area contributed by atoms with Crippen LogP contribution in [0.5, 0.6) is 0 Å². The number of hydrogen-bond donors (Lipinski definition) is 1. The third kappa shape index (κ3) is 3.75. The van der Waals surface area contributed by atoms with E-state index in [1.807, 2.05) is 7.05 Å². The topological polar surface area (TPSA) is 26.7 Å². The van der Waals surface area contributed by atoms with Crippen LogP contribution in [-0.4, -0.2) is 60.8 Å². The number of benzene rings is 1. The summed E-state index contributed by atoms with van der Waals surface area (Å²) in [5, 5.41) is 9.29. The van der Waals surface area contributed by atoms with Crippen molar-refractivity contribution >= 4 is 0 Å². The van der Waals surface area contributed by atoms with Crippen molar-refractivity contribution in [2.75, 3.05) is 39.8 Å². The molecule has 1 aliphatic rings. The van der Waals surface area contributed by atoms with Crippen molar-refractivity contribution in [1.82, 2.24) is 9.80 Å². The van der Waals surface area contributed by atoms with Crippen molar-refractivity contribution in [3.63, 3.8) is 0 Å². The molecule has 1 heterocycles. The van der Waals surface area contributed by atoms with Crippen molar-refractivity contribution in [3.8, 4) is 0 Å². The molecule has 0 saturated carbocycles. The zero-order valence-electron chi connectivity index (χ0n) is 11.9. The van der Waals surface area contributed by atoms with Crippen LogP contribution >= 0.6 is 0 Å². The monoisotopic (exact) mass is 284 g/mol. The van der Waals surface area contributed by atoms with Crippen molar-refractivity contribution in [3.05, 3.63) is 35.4 Å². The summed E-state index contributed by atoms with van der Waals surface area (Å²) >= 11 is 0. The highest BCUT2D eigenvalue weighted by Crippen LogP contribution is 2.15. The summed E-state index contributed by atoms with van der Waals surface area (Å²) in [4.78, 5) is 4.40. The lowest BCUT2D eigenvalue weighted by Crippen LogP contribution is -2.53. The molecular formula is C15H22F2N2O. The minimum absolute atomic E-state index is 0.148. The molecule has 1 saturated heterocycles. The number of piperazine rings is 1. The molecule has 1 aliphatic heterocycles. The van der Waals surface area contributed by atoms with E-state index in [9.17, 15) is 13.9 Å². The second-order valence-corrected chi connectivity index (χ2v) is 5.42. The fourth-order valence-electron chi connectivity index (χ4n) is 2.66. The first-order valence-corrected chi connectivity index (χ1v) is 7.08. The van der Waals surface area contributed by atoms with E-state index < -0.39 is 11.6 Å². The van der Waals surface area contributed by atoms with Gasteiger partial charge in [0.25, 0.3) is 0 Å². The fourth-order valence-corrected chi connectivity index (χ4v) is 2.66. The van der Waals surface area contributed by atoms with Gasteiger partial charge in [-0.05, 0) is 38.6 Å². The third-order valence-electron chi connectivity index (χ3n) is 4.03. The Kier molecular flexibility index (Phi) is 5.46. The average molecular weight is 284 g/mol. The van der Waals surface area contributed by atoms with Gasteiger partial charge in [0.2, 0.25) is 0 Å². The summed E-state index contributed by atoms with van der Waals surface area (Å²) in [7, 11) is 2.01. The highest BCUT2D eigenvalue weighted by Gasteiger charge is 2.23. The molecule has 5 heteroatoms. The molecule has 0 spiro atoms. The first-order chi connectivity index (χ1) is 9.61. The van der Waals surface area contributed by atoms with Crippen molar-refractivity contribution in [2.24, 2.45) is 0 Å². The van der Waals surface area contributed by atoms with E-state index in [2.05, 4.69) is 9.80 Å². The zero-order chi connectivity index (χ0) is 14.5. The van der Waals surface area contributed by atoms with Crippen LogP contribution in [0, 0.1) is 11.6 Å². The standard InChI is InChI=1S/C15H22F2N2O/c1-18-8-9-19(10-12(18)11-20)7-3-4-13-14(16)5-2-6-15(13)17/h2,5-6,12,20H,3-4,7-11H2,1H3. The molecule has 1 fully saturated rings. The smallest absolute Gasteiger partial charge is 0.129 e. The van der Waals surface area contributed by atoms with Crippen LogP contribution in [0.15, 0.2) is 18.2 Å². The van der Waals surface area contributed by atoms with Crippen LogP contribution in [0.25, 0.3) is 0 Å². The number of hydrogen-bond acceptors (Lipinski definition) is 3. The highest BCUT2D eigenvalue weighted by atomic mass is 19.1. The number of aliphatic hydroxyl groups excluding tert-OH is 1. The first kappa shape index (κ1) is 15.4. The molecule has 0 aliphatic carbocycles. The molecule has 1 aromatic rings. The van der Waals surface area contributed by atoms with E-state index in [1.165, 1.54) is 18.2 Å². The summed E-state index contributed by atoms with van der Waals surface area (Å²) in [6.07, 6.45) is 1.13. The number of likely N-dealkylation sites (N-methyl/N-ethyl adjacent to an activating group) is 1. The Morgan fingerprint density at radius 2 is 1.95 bits per heavy atom. The van der Waals surface area contributed by atoms with Gasteiger partial charge in [0.1, 0.15) is 11.6 Å². The Labute approximate surface area is 118 Å². The Morgan fingerprint density at radius 3 is 2.60 bits per heavy atom. The molecule has 0 radical (unpaired) electrons. The van der Waals surface area contributed by atoms with Gasteiger partial charge in [-0.15, -0.1) is 0 Å². The van der Waals surface area contributed by atoms with Gasteiger partial charge in [0.05, 0.1) is 6.61 Å². The van der Waals surface area contributed by atoms with Gasteiger partial charge in [0.15, 0.2) is 0 Å². The summed E-state index contributed by atoms with van der Waals surface area (Å²) in [6, 6.07) is 4.15. The summed E-state index contributed by atoms with van der Waals surface area (Å²) in [5.41, 5.74) is 0.181. The van der Waals surface area contributed by atoms with E-state index in [0.29, 0.717) is 6.42 Å². The number of rotatable bonds is 5. The highest BCUT2D eigenvalue weighted by molar-refractivity contribution is 5.19. The van der Waals surface area contributed by atoms with Gasteiger partial charge in [0, 0.05) is 31.2 Å². The lowest BCUT2D eigenvalue weighted by molar-refractivity contribution is 0.0572. The van der Waals surface area contributed by atoms with Crippen molar-refractivity contribution in [1.29, 1.82) is 0 Å². The third-order valence-corrected chi connectivity index (χ3v) is 4.03. The minimum Gasteiger partial charge on any atom is -0.395 e. The largest absolute Gasteiger partial charge is 0.395 e. The first-order valence-electron chi connectivity index (χ1n) is 7.08. The van der Waals surface area contributed by atoms with E-state index in [4.69, 9.17) is 0 Å². The Morgan fingerprint density at radius 1 is 1.25 bits per heavy atom. The maximum absolute atomic E-state index is 13.5. The van der Waals surface area contributed by atoms with Gasteiger partial charge in [-0.3, -0.25) is 4.90 Å². The van der Waals surface area contributed by atoms with E-state index >= 15 is 0 Å². The van der Waals surface area contributed by atoms with Gasteiger partial charge < -0.3 is 10.0 Å². The normalized spacial score (nSPS) is 21.3. The SMILES string of the molecule is CN1CCN(CCCc2c(F)cccc2F)CC1CO. The number of nitrogens with zero attached hydrogens (tertiary/aromatic N) is 2. The maximum atomic E-state index is 13.5. The van der Waals surface area contributed by atoms with E-state index in [1.54, 1.807) is 0 Å². The van der Waals surface area contributed by atoms with E-state index in [0.717, 1.165) is 32.6 Å². The van der Waals surface area contributed by atoms with Gasteiger partial charge >= 0.3 is 0 Å². The molecule has 1 atom stereocenters. The molecule has 1 aromatic carbocycles. The zero-order valence-corrected chi connectivity index (χ0v) is 11.9. The molecule has 3 nitrogen and oxygen atoms in total. The van der Waals surface area contributed by atoms with Gasteiger partial charge in [-0.25, -0.2) is 8.78 Å². The van der Waals surface area contributed by atoms with Gasteiger partial charge in [-0.2, -0.15) is 0 Å². The molecule has 0 amide bonds. The van der Waals surface area contributed by atoms with Crippen LogP contribution < -0.4 is 0 Å². The quantitative estimate of drug-likeness (QED) is 0.888. The number of aliphatic hydroxyl groups is 1. The van der Waals surface area contributed by atoms with Crippen LogP contribution in [-0.2, 0) is 6.42 Å². The summed E-state index contributed by atoms with van der Waals surface area (Å²) in [6.45, 7) is 3.62. The Hall–Kier alpha value is -1.04. The summed E-state index contributed by atoms with van der Waals surface area (Å²) in [5.74, 6) is -0.923. The molecule has 0 aromatic heterocycles. The second-order valence-electron chi connectivity index (χ2n) is 5.42. The van der Waals surface area contributed by atoms with Crippen LogP contribution in [0.4, 0.5) is 8.78 Å². The van der Waals surface area contributed by atoms with E-state index in [-0.39, 0.29) is 18.2 Å². The second kappa shape index (κ2) is 7.11. The Balaban J connectivity index is 1.81. The van der Waals surface area contributed by atoms with Crippen molar-refractivity contribution < 1.29 is 13.9 Å². The molecule has 1 N–H and O–H groups in total. The molecule has 2 rings (SSSR count). The van der Waals surface area contributed by atoms with Crippen molar-refractivity contribution in [2.45, 2.75) is 18.9 Å². The minimum atomic E-state index is -0.461. The lowest BCUT2D eigenvalue weighted by Gasteiger charge is -2.38. The maximum Gasteiger partial charge on any atom is 0.129 e. The van der Waals surface area contributed by atoms with Gasteiger partial charge in [-0.1, -0.05) is 6.07 Å². The molecule has 1 unspecified atom stereocenters.